The molecule has 0 fully saturated rings. The van der Waals surface area contributed by atoms with Crippen LogP contribution >= 0.6 is 0 Å². The van der Waals surface area contributed by atoms with Gasteiger partial charge >= 0.3 is 0 Å². The molecule has 4 unspecified atom stereocenters. The van der Waals surface area contributed by atoms with Crippen molar-refractivity contribution in [1.29, 1.82) is 0 Å². The van der Waals surface area contributed by atoms with Gasteiger partial charge in [-0.1, -0.05) is 219 Å². The first-order valence-electron chi connectivity index (χ1n) is 23.9. The van der Waals surface area contributed by atoms with E-state index in [1.807, 2.05) is 0 Å². The number of para-hydroxylation sites is 2. The SMILES string of the molecule is CC1CC(C(CCc2ccc3c(c2)-c2ccccc2C3(c2ccccc2)c2ccccc2)c2ccc(-c3ccc4c(c3)c3ccccc3n4-c3ccccc3)cc2)C=CC1c1ccccc1. The zero-order chi connectivity index (χ0) is 44.0. The zero-order valence-electron chi connectivity index (χ0n) is 37.5. The van der Waals surface area contributed by atoms with Gasteiger partial charge in [0.25, 0.3) is 0 Å². The van der Waals surface area contributed by atoms with Gasteiger partial charge in [-0.25, -0.2) is 0 Å². The number of rotatable bonds is 10. The summed E-state index contributed by atoms with van der Waals surface area (Å²) in [4.78, 5) is 0. The quantitative estimate of drug-likeness (QED) is 0.121. The van der Waals surface area contributed by atoms with Gasteiger partial charge < -0.3 is 4.57 Å². The van der Waals surface area contributed by atoms with E-state index in [4.69, 9.17) is 0 Å². The van der Waals surface area contributed by atoms with Crippen LogP contribution in [-0.2, 0) is 11.8 Å². The molecule has 0 amide bonds. The highest BCUT2D eigenvalue weighted by Crippen LogP contribution is 2.56. The second kappa shape index (κ2) is 16.8. The molecule has 0 bridgehead atoms. The number of aromatic nitrogens is 1. The number of fused-ring (bicyclic) bond motifs is 6. The van der Waals surface area contributed by atoms with Crippen LogP contribution < -0.4 is 0 Å². The molecule has 66 heavy (non-hydrogen) atoms. The maximum absolute atomic E-state index is 2.57. The molecular formula is C65H53N. The minimum absolute atomic E-state index is 0.376. The van der Waals surface area contributed by atoms with Crippen LogP contribution in [0.25, 0.3) is 49.7 Å². The highest BCUT2D eigenvalue weighted by atomic mass is 15.0. The van der Waals surface area contributed by atoms with Crippen LogP contribution in [-0.4, -0.2) is 4.57 Å². The lowest BCUT2D eigenvalue weighted by Crippen LogP contribution is -2.28. The Morgan fingerprint density at radius 3 is 1.83 bits per heavy atom. The molecule has 1 heterocycles. The Labute approximate surface area is 389 Å². The molecule has 318 valence electrons. The van der Waals surface area contributed by atoms with Gasteiger partial charge in [-0.2, -0.15) is 0 Å². The zero-order valence-corrected chi connectivity index (χ0v) is 37.5. The Kier molecular flexibility index (Phi) is 10.2. The molecule has 0 saturated carbocycles. The van der Waals surface area contributed by atoms with Crippen LogP contribution in [0.1, 0.15) is 70.5 Å². The average Bonchev–Trinajstić information content (AvgIpc) is 3.88. The number of nitrogens with zero attached hydrogens (tertiary/aromatic N) is 1. The minimum atomic E-state index is -0.376. The molecule has 2 aliphatic carbocycles. The second-order valence-electron chi connectivity index (χ2n) is 18.8. The first-order valence-corrected chi connectivity index (χ1v) is 23.9. The fourth-order valence-corrected chi connectivity index (χ4v) is 12.1. The van der Waals surface area contributed by atoms with E-state index in [0.717, 1.165) is 12.8 Å². The van der Waals surface area contributed by atoms with Gasteiger partial charge in [0, 0.05) is 22.4 Å². The third-order valence-electron chi connectivity index (χ3n) is 15.1. The van der Waals surface area contributed by atoms with Crippen molar-refractivity contribution in [2.75, 3.05) is 0 Å². The highest BCUT2D eigenvalue weighted by molar-refractivity contribution is 6.10. The summed E-state index contributed by atoms with van der Waals surface area (Å²) < 4.78 is 2.39. The number of aryl methyl sites for hydroxylation is 1. The lowest BCUT2D eigenvalue weighted by molar-refractivity contribution is 0.339. The lowest BCUT2D eigenvalue weighted by atomic mass is 9.67. The molecule has 10 aromatic rings. The van der Waals surface area contributed by atoms with Crippen LogP contribution in [0.3, 0.4) is 0 Å². The van der Waals surface area contributed by atoms with E-state index in [1.165, 1.54) is 95.1 Å². The number of hydrogen-bond acceptors (Lipinski definition) is 0. The summed E-state index contributed by atoms with van der Waals surface area (Å²) >= 11 is 0. The second-order valence-corrected chi connectivity index (χ2v) is 18.8. The Balaban J connectivity index is 0.900. The normalized spacial score (nSPS) is 17.7. The lowest BCUT2D eigenvalue weighted by Gasteiger charge is -2.35. The predicted molar refractivity (Wildman–Crippen MR) is 277 cm³/mol. The van der Waals surface area contributed by atoms with Crippen LogP contribution in [0.4, 0.5) is 0 Å². The van der Waals surface area contributed by atoms with E-state index in [0.29, 0.717) is 23.7 Å². The molecule has 1 heteroatoms. The molecule has 4 atom stereocenters. The first-order chi connectivity index (χ1) is 32.6. The van der Waals surface area contributed by atoms with Crippen molar-refractivity contribution in [3.8, 4) is 27.9 Å². The third-order valence-corrected chi connectivity index (χ3v) is 15.1. The van der Waals surface area contributed by atoms with Gasteiger partial charge in [-0.3, -0.25) is 0 Å². The molecule has 2 aliphatic rings. The molecule has 0 spiro atoms. The summed E-state index contributed by atoms with van der Waals surface area (Å²) in [7, 11) is 0. The summed E-state index contributed by atoms with van der Waals surface area (Å²) in [5.74, 6) is 1.83. The third kappa shape index (κ3) is 6.76. The van der Waals surface area contributed by atoms with E-state index < -0.39 is 0 Å². The fourth-order valence-electron chi connectivity index (χ4n) is 12.1. The summed E-state index contributed by atoms with van der Waals surface area (Å²) in [6, 6.07) is 86.1. The van der Waals surface area contributed by atoms with Gasteiger partial charge in [0.15, 0.2) is 0 Å². The topological polar surface area (TPSA) is 4.93 Å². The summed E-state index contributed by atoms with van der Waals surface area (Å²) in [5, 5.41) is 2.56. The van der Waals surface area contributed by atoms with Crippen LogP contribution in [0, 0.1) is 11.8 Å². The van der Waals surface area contributed by atoms with Crippen molar-refractivity contribution >= 4 is 21.8 Å². The van der Waals surface area contributed by atoms with E-state index in [2.05, 4.69) is 254 Å². The number of benzene rings is 9. The summed E-state index contributed by atoms with van der Waals surface area (Å²) in [6.45, 7) is 2.46. The van der Waals surface area contributed by atoms with Gasteiger partial charge in [0.05, 0.1) is 16.4 Å². The van der Waals surface area contributed by atoms with Crippen molar-refractivity contribution < 1.29 is 0 Å². The summed E-state index contributed by atoms with van der Waals surface area (Å²) in [5.41, 5.74) is 18.1. The molecule has 1 aromatic heterocycles. The Hall–Kier alpha value is -7.48. The minimum Gasteiger partial charge on any atom is -0.309 e. The van der Waals surface area contributed by atoms with E-state index in [1.54, 1.807) is 0 Å². The maximum atomic E-state index is 2.57. The van der Waals surface area contributed by atoms with Crippen LogP contribution in [0.2, 0.25) is 0 Å². The van der Waals surface area contributed by atoms with E-state index in [9.17, 15) is 0 Å². The van der Waals surface area contributed by atoms with Crippen molar-refractivity contribution in [2.24, 2.45) is 11.8 Å². The standard InChI is InChI=1S/C65H53N/c1-45-42-51(36-39-55(45)48-18-6-2-7-19-48)56(49-34-32-47(33-35-49)50-37-41-64-60(44-50)58-27-15-17-29-63(58)66(64)54-24-12-5-13-25-54)38-30-46-31-40-62-59(43-46)57-26-14-16-28-61(57)65(62,52-20-8-3-9-21-52)53-22-10-4-11-23-53/h2-29,31-37,39-41,43-45,51,55-56H,30,38,42H2,1H3. The first kappa shape index (κ1) is 40.1. The highest BCUT2D eigenvalue weighted by Gasteiger charge is 2.46. The van der Waals surface area contributed by atoms with Crippen molar-refractivity contribution in [3.63, 3.8) is 0 Å². The average molecular weight is 848 g/mol. The van der Waals surface area contributed by atoms with Crippen molar-refractivity contribution in [1.82, 2.24) is 4.57 Å². The fraction of sp³-hybridized carbons (Fsp3) is 0.138. The predicted octanol–water partition coefficient (Wildman–Crippen LogP) is 16.5. The van der Waals surface area contributed by atoms with Gasteiger partial charge in [0.2, 0.25) is 0 Å². The van der Waals surface area contributed by atoms with Crippen LogP contribution in [0.5, 0.6) is 0 Å². The largest absolute Gasteiger partial charge is 0.309 e. The molecule has 0 aliphatic heterocycles. The smallest absolute Gasteiger partial charge is 0.0713 e. The summed E-state index contributed by atoms with van der Waals surface area (Å²) in [6.07, 6.45) is 8.34. The van der Waals surface area contributed by atoms with Gasteiger partial charge in [-0.05, 0) is 129 Å². The molecule has 9 aromatic carbocycles. The molecule has 1 nitrogen and oxygen atoms in total. The van der Waals surface area contributed by atoms with Crippen molar-refractivity contribution in [3.05, 3.63) is 282 Å². The van der Waals surface area contributed by atoms with E-state index >= 15 is 0 Å². The van der Waals surface area contributed by atoms with Crippen LogP contribution in [0.15, 0.2) is 243 Å². The van der Waals surface area contributed by atoms with Crippen molar-refractivity contribution in [2.45, 2.75) is 43.4 Å². The molecule has 0 saturated heterocycles. The van der Waals surface area contributed by atoms with Gasteiger partial charge in [0.1, 0.15) is 0 Å². The van der Waals surface area contributed by atoms with E-state index in [-0.39, 0.29) is 5.41 Å². The Bertz CT molecular complexity index is 3300. The molecule has 0 N–H and O–H groups in total. The molecule has 12 rings (SSSR count). The van der Waals surface area contributed by atoms with Gasteiger partial charge in [-0.15, -0.1) is 0 Å². The monoisotopic (exact) mass is 847 g/mol. The number of hydrogen-bond donors (Lipinski definition) is 0. The Morgan fingerprint density at radius 1 is 0.500 bits per heavy atom. The maximum Gasteiger partial charge on any atom is 0.0713 e. The molecule has 0 radical (unpaired) electrons. The Morgan fingerprint density at radius 2 is 1.11 bits per heavy atom. The number of allylic oxidation sites excluding steroid dienone is 2. The molecular weight excluding hydrogens is 795 g/mol.